The first kappa shape index (κ1) is 20.1. The van der Waals surface area contributed by atoms with Crippen LogP contribution in [0.25, 0.3) is 0 Å². The van der Waals surface area contributed by atoms with Gasteiger partial charge < -0.3 is 10.6 Å². The molecule has 2 rings (SSSR count). The highest BCUT2D eigenvalue weighted by molar-refractivity contribution is 6.30. The van der Waals surface area contributed by atoms with Crippen LogP contribution in [0.3, 0.4) is 0 Å². The van der Waals surface area contributed by atoms with E-state index in [9.17, 15) is 0 Å². The number of hydrogen-bond donors (Lipinski definition) is 2. The topological polar surface area (TPSA) is 94.9 Å². The van der Waals surface area contributed by atoms with Crippen LogP contribution in [0, 0.1) is 29.6 Å². The van der Waals surface area contributed by atoms with Gasteiger partial charge in [0.1, 0.15) is 11.8 Å². The van der Waals surface area contributed by atoms with Gasteiger partial charge in [-0.25, -0.2) is 0 Å². The molecule has 2 aromatic carbocycles. The molecule has 0 radical (unpaired) electrons. The van der Waals surface area contributed by atoms with Gasteiger partial charge in [0.15, 0.2) is 0 Å². The molecular weight excluding hydrogens is 360 g/mol. The van der Waals surface area contributed by atoms with Crippen molar-refractivity contribution in [3.8, 4) is 17.9 Å². The molecule has 3 N–H and O–H groups in total. The largest absolute Gasteiger partial charge is 0.408 e. The van der Waals surface area contributed by atoms with E-state index < -0.39 is 6.04 Å². The zero-order chi connectivity index (χ0) is 19.8. The number of nitrogens with two attached hydrogens (primary N) is 1. The Hall–Kier alpha value is -3.25. The minimum atomic E-state index is -0.457. The minimum absolute atomic E-state index is 0.457. The molecule has 0 spiro atoms. The Morgan fingerprint density at radius 2 is 1.89 bits per heavy atom. The first-order valence-electron chi connectivity index (χ1n) is 8.17. The van der Waals surface area contributed by atoms with E-state index in [-0.39, 0.29) is 0 Å². The number of aryl methyl sites for hydroxylation is 1. The van der Waals surface area contributed by atoms with Crippen LogP contribution in [0.1, 0.15) is 29.7 Å². The molecule has 0 heterocycles. The zero-order valence-electron chi connectivity index (χ0n) is 15.0. The van der Waals surface area contributed by atoms with Crippen LogP contribution >= 0.6 is 11.6 Å². The van der Waals surface area contributed by atoms with Crippen molar-refractivity contribution in [3.63, 3.8) is 0 Å². The van der Waals surface area contributed by atoms with Crippen LogP contribution in [0.5, 0.6) is 5.75 Å². The lowest BCUT2D eigenvalue weighted by atomic mass is 10.0. The van der Waals surface area contributed by atoms with Crippen LogP contribution in [-0.2, 0) is 0 Å². The van der Waals surface area contributed by atoms with Crippen LogP contribution in [-0.4, -0.2) is 0 Å². The monoisotopic (exact) mass is 378 g/mol. The van der Waals surface area contributed by atoms with Crippen molar-refractivity contribution in [1.29, 1.82) is 10.5 Å². The Balaban J connectivity index is 2.27. The maximum atomic E-state index is 9.03. The molecule has 5 nitrogen and oxygen atoms in total. The van der Waals surface area contributed by atoms with Gasteiger partial charge in [-0.3, -0.25) is 0 Å². The molecule has 0 amide bonds. The van der Waals surface area contributed by atoms with Crippen LogP contribution in [0.4, 0.5) is 0 Å². The summed E-state index contributed by atoms with van der Waals surface area (Å²) in [7, 11) is 0. The highest BCUT2D eigenvalue weighted by atomic mass is 35.5. The lowest BCUT2D eigenvalue weighted by Gasteiger charge is -2.20. The van der Waals surface area contributed by atoms with Crippen molar-refractivity contribution in [1.82, 2.24) is 5.48 Å². The summed E-state index contributed by atoms with van der Waals surface area (Å²) in [6.07, 6.45) is 3.31. The Kier molecular flexibility index (Phi) is 7.02. The lowest BCUT2D eigenvalue weighted by Crippen LogP contribution is -2.29. The Morgan fingerprint density at radius 1 is 1.19 bits per heavy atom. The number of nitriles is 2. The van der Waals surface area contributed by atoms with E-state index in [4.69, 9.17) is 32.7 Å². The van der Waals surface area contributed by atoms with E-state index in [2.05, 4.69) is 11.5 Å². The Bertz CT molecular complexity index is 950. The summed E-state index contributed by atoms with van der Waals surface area (Å²) in [4.78, 5) is 5.69. The van der Waals surface area contributed by atoms with Gasteiger partial charge >= 0.3 is 0 Å². The molecule has 0 saturated carbocycles. The number of allylic oxidation sites excluding steroid dienone is 3. The summed E-state index contributed by atoms with van der Waals surface area (Å²) in [5.41, 5.74) is 12.4. The number of rotatable bonds is 6. The van der Waals surface area contributed by atoms with Gasteiger partial charge in [0.05, 0.1) is 17.7 Å². The zero-order valence-corrected chi connectivity index (χ0v) is 15.8. The van der Waals surface area contributed by atoms with Gasteiger partial charge in [-0.05, 0) is 67.5 Å². The molecule has 0 bridgehead atoms. The summed E-state index contributed by atoms with van der Waals surface area (Å²) >= 11 is 5.97. The second-order valence-electron chi connectivity index (χ2n) is 5.92. The summed E-state index contributed by atoms with van der Waals surface area (Å²) < 4.78 is 0. The van der Waals surface area contributed by atoms with Gasteiger partial charge in [0.2, 0.25) is 0 Å². The predicted molar refractivity (Wildman–Crippen MR) is 105 cm³/mol. The molecule has 1 atom stereocenters. The second-order valence-corrected chi connectivity index (χ2v) is 6.36. The quantitative estimate of drug-likeness (QED) is 0.439. The average molecular weight is 379 g/mol. The molecule has 0 aliphatic heterocycles. The van der Waals surface area contributed by atoms with Crippen molar-refractivity contribution < 1.29 is 4.84 Å². The van der Waals surface area contributed by atoms with Gasteiger partial charge in [-0.1, -0.05) is 23.7 Å². The number of benzene rings is 2. The van der Waals surface area contributed by atoms with Gasteiger partial charge in [0, 0.05) is 16.3 Å². The SMILES string of the molecule is C/C(C#N)=C\C=C(/N)C(NOc1ccc(C#N)c(C)c1)c1ccc(Cl)cc1. The van der Waals surface area contributed by atoms with Crippen LogP contribution < -0.4 is 16.1 Å². The molecule has 0 fully saturated rings. The summed E-state index contributed by atoms with van der Waals surface area (Å²) in [6, 6.07) is 16.1. The lowest BCUT2D eigenvalue weighted by molar-refractivity contribution is 0.168. The molecule has 0 saturated heterocycles. The maximum Gasteiger partial charge on any atom is 0.147 e. The molecule has 27 heavy (non-hydrogen) atoms. The number of nitrogens with one attached hydrogen (secondary N) is 1. The standard InChI is InChI=1S/C21H19ClN4O/c1-14(12-23)3-10-20(25)21(16-4-7-18(22)8-5-16)26-27-19-9-6-17(13-24)15(2)11-19/h3-11,21,26H,25H2,1-2H3/b14-3+,20-10-. The normalized spacial score (nSPS) is 12.8. The van der Waals surface area contributed by atoms with Gasteiger partial charge in [-0.15, -0.1) is 5.48 Å². The number of hydroxylamine groups is 1. The van der Waals surface area contributed by atoms with E-state index in [1.165, 1.54) is 0 Å². The minimum Gasteiger partial charge on any atom is -0.408 e. The van der Waals surface area contributed by atoms with Crippen molar-refractivity contribution in [3.05, 3.63) is 87.6 Å². The molecule has 0 aliphatic carbocycles. The third-order valence-corrected chi connectivity index (χ3v) is 4.10. The van der Waals surface area contributed by atoms with Gasteiger partial charge in [0.25, 0.3) is 0 Å². The van der Waals surface area contributed by atoms with E-state index in [1.54, 1.807) is 49.4 Å². The predicted octanol–water partition coefficient (Wildman–Crippen LogP) is 4.46. The van der Waals surface area contributed by atoms with Crippen LogP contribution in [0.15, 0.2) is 65.9 Å². The fraction of sp³-hybridized carbons (Fsp3) is 0.143. The van der Waals surface area contributed by atoms with E-state index in [1.807, 2.05) is 25.1 Å². The smallest absolute Gasteiger partial charge is 0.147 e. The second kappa shape index (κ2) is 9.45. The van der Waals surface area contributed by atoms with Crippen molar-refractivity contribution in [2.75, 3.05) is 0 Å². The molecular formula is C21H19ClN4O. The van der Waals surface area contributed by atoms with E-state index in [0.717, 1.165) is 11.1 Å². The highest BCUT2D eigenvalue weighted by Gasteiger charge is 2.15. The first-order valence-corrected chi connectivity index (χ1v) is 8.55. The number of hydrogen-bond acceptors (Lipinski definition) is 5. The summed E-state index contributed by atoms with van der Waals surface area (Å²) in [5.74, 6) is 0.557. The molecule has 136 valence electrons. The fourth-order valence-corrected chi connectivity index (χ4v) is 2.42. The van der Waals surface area contributed by atoms with E-state index >= 15 is 0 Å². The molecule has 1 unspecified atom stereocenters. The third-order valence-electron chi connectivity index (χ3n) is 3.85. The molecule has 0 aliphatic rings. The number of nitrogens with zero attached hydrogens (tertiary/aromatic N) is 2. The van der Waals surface area contributed by atoms with Gasteiger partial charge in [-0.2, -0.15) is 10.5 Å². The van der Waals surface area contributed by atoms with Crippen molar-refractivity contribution >= 4 is 11.6 Å². The first-order chi connectivity index (χ1) is 12.9. The summed E-state index contributed by atoms with van der Waals surface area (Å²) in [5, 5.41) is 18.5. The Morgan fingerprint density at radius 3 is 2.48 bits per heavy atom. The summed E-state index contributed by atoms with van der Waals surface area (Å²) in [6.45, 7) is 3.54. The fourth-order valence-electron chi connectivity index (χ4n) is 2.29. The maximum absolute atomic E-state index is 9.03. The van der Waals surface area contributed by atoms with E-state index in [0.29, 0.717) is 27.6 Å². The molecule has 2 aromatic rings. The Labute approximate surface area is 163 Å². The number of halogens is 1. The van der Waals surface area contributed by atoms with Crippen molar-refractivity contribution in [2.24, 2.45) is 5.73 Å². The van der Waals surface area contributed by atoms with Crippen molar-refractivity contribution in [2.45, 2.75) is 19.9 Å². The van der Waals surface area contributed by atoms with Crippen LogP contribution in [0.2, 0.25) is 5.02 Å². The average Bonchev–Trinajstić information content (AvgIpc) is 2.67. The third kappa shape index (κ3) is 5.62. The highest BCUT2D eigenvalue weighted by Crippen LogP contribution is 2.23. The molecule has 6 heteroatoms. The molecule has 0 aromatic heterocycles.